The molecule has 0 bridgehead atoms. The summed E-state index contributed by atoms with van der Waals surface area (Å²) in [5, 5.41) is 10.7. The SMILES string of the molecule is CCC(O)N(C)S(=O)(=O)c1cccc(Cc2c(C)c3cc(Cl)c(OC(=O)N(C)C)cc3oc2=O)c1. The number of aliphatic hydroxyl groups excluding tert-OH is 1. The van der Waals surface area contributed by atoms with Crippen LogP contribution in [0, 0.1) is 6.92 Å². The summed E-state index contributed by atoms with van der Waals surface area (Å²) in [5.41, 5.74) is 1.11. The number of fused-ring (bicyclic) bond motifs is 1. The number of carbonyl (C=O) groups excluding carboxylic acids is 1. The maximum atomic E-state index is 12.9. The van der Waals surface area contributed by atoms with Crippen molar-refractivity contribution in [3.05, 3.63) is 68.5 Å². The van der Waals surface area contributed by atoms with Gasteiger partial charge in [-0.1, -0.05) is 30.7 Å². The summed E-state index contributed by atoms with van der Waals surface area (Å²) in [7, 11) is 0.436. The fraction of sp³-hybridized carbons (Fsp3) is 0.333. The van der Waals surface area contributed by atoms with Gasteiger partial charge in [0.15, 0.2) is 5.75 Å². The Labute approximate surface area is 208 Å². The molecule has 1 N–H and O–H groups in total. The maximum Gasteiger partial charge on any atom is 0.414 e. The van der Waals surface area contributed by atoms with Gasteiger partial charge in [-0.25, -0.2) is 18.0 Å². The topological polar surface area (TPSA) is 117 Å². The fourth-order valence-corrected chi connectivity index (χ4v) is 5.02. The average Bonchev–Trinajstić information content (AvgIpc) is 2.82. The highest BCUT2D eigenvalue weighted by Gasteiger charge is 2.26. The Morgan fingerprint density at radius 1 is 1.20 bits per heavy atom. The minimum atomic E-state index is -3.93. The number of ether oxygens (including phenoxy) is 1. The normalized spacial score (nSPS) is 12.7. The monoisotopic (exact) mass is 522 g/mol. The Bertz CT molecular complexity index is 1430. The predicted molar refractivity (Wildman–Crippen MR) is 132 cm³/mol. The zero-order valence-electron chi connectivity index (χ0n) is 20.0. The average molecular weight is 523 g/mol. The first kappa shape index (κ1) is 26.7. The van der Waals surface area contributed by atoms with Crippen molar-refractivity contribution in [1.29, 1.82) is 0 Å². The minimum Gasteiger partial charge on any atom is -0.422 e. The third kappa shape index (κ3) is 5.51. The van der Waals surface area contributed by atoms with E-state index in [1.54, 1.807) is 32.0 Å². The van der Waals surface area contributed by atoms with Crippen molar-refractivity contribution in [2.45, 2.75) is 37.8 Å². The molecule has 0 radical (unpaired) electrons. The summed E-state index contributed by atoms with van der Waals surface area (Å²) >= 11 is 6.31. The number of amides is 1. The van der Waals surface area contributed by atoms with E-state index in [0.29, 0.717) is 22.1 Å². The Kier molecular flexibility index (Phi) is 7.90. The van der Waals surface area contributed by atoms with E-state index < -0.39 is 28.0 Å². The number of hydrogen-bond donors (Lipinski definition) is 1. The third-order valence-electron chi connectivity index (χ3n) is 5.64. The molecule has 0 saturated carbocycles. The van der Waals surface area contributed by atoms with E-state index in [-0.39, 0.29) is 34.1 Å². The largest absolute Gasteiger partial charge is 0.422 e. The van der Waals surface area contributed by atoms with Crippen molar-refractivity contribution in [3.8, 4) is 5.75 Å². The summed E-state index contributed by atoms with van der Waals surface area (Å²) in [6, 6.07) is 9.12. The number of aliphatic hydroxyl groups is 1. The van der Waals surface area contributed by atoms with Gasteiger partial charge in [-0.15, -0.1) is 0 Å². The number of halogens is 1. The third-order valence-corrected chi connectivity index (χ3v) is 7.79. The van der Waals surface area contributed by atoms with E-state index in [1.165, 1.54) is 44.2 Å². The molecule has 1 unspecified atom stereocenters. The lowest BCUT2D eigenvalue weighted by Crippen LogP contribution is -2.36. The molecule has 11 heteroatoms. The van der Waals surface area contributed by atoms with Crippen LogP contribution in [0.5, 0.6) is 5.75 Å². The number of hydrogen-bond acceptors (Lipinski definition) is 7. The number of sulfonamides is 1. The lowest BCUT2D eigenvalue weighted by Gasteiger charge is -2.22. The first-order chi connectivity index (χ1) is 16.4. The number of benzene rings is 2. The highest BCUT2D eigenvalue weighted by atomic mass is 35.5. The standard InChI is InChI=1S/C24H27ClN2O7S/c1-6-22(28)27(5)35(31,32)16-9-7-8-15(10-16)11-18-14(2)17-12-19(25)21(34-24(30)26(3)4)13-20(17)33-23(18)29/h7-10,12-13,22,28H,6,11H2,1-5H3. The molecule has 1 atom stereocenters. The van der Waals surface area contributed by atoms with E-state index >= 15 is 0 Å². The summed E-state index contributed by atoms with van der Waals surface area (Å²) in [6.45, 7) is 3.42. The summed E-state index contributed by atoms with van der Waals surface area (Å²) in [5.74, 6) is 0.0597. The van der Waals surface area contributed by atoms with E-state index in [0.717, 1.165) is 4.31 Å². The van der Waals surface area contributed by atoms with Gasteiger partial charge in [-0.05, 0) is 42.7 Å². The van der Waals surface area contributed by atoms with Crippen LogP contribution in [-0.4, -0.2) is 56.2 Å². The summed E-state index contributed by atoms with van der Waals surface area (Å²) in [4.78, 5) is 25.9. The molecule has 1 heterocycles. The molecule has 9 nitrogen and oxygen atoms in total. The van der Waals surface area contributed by atoms with Crippen LogP contribution in [0.25, 0.3) is 11.0 Å². The van der Waals surface area contributed by atoms with Crippen LogP contribution in [0.4, 0.5) is 4.79 Å². The van der Waals surface area contributed by atoms with Crippen molar-refractivity contribution in [2.75, 3.05) is 21.1 Å². The van der Waals surface area contributed by atoms with E-state index in [9.17, 15) is 23.1 Å². The van der Waals surface area contributed by atoms with Crippen molar-refractivity contribution >= 4 is 38.7 Å². The van der Waals surface area contributed by atoms with Gasteiger partial charge in [0.05, 0.1) is 9.92 Å². The van der Waals surface area contributed by atoms with Crippen molar-refractivity contribution < 1.29 is 27.5 Å². The van der Waals surface area contributed by atoms with Crippen LogP contribution in [0.15, 0.2) is 50.5 Å². The minimum absolute atomic E-state index is 0.00299. The molecule has 0 aliphatic heterocycles. The Hall–Kier alpha value is -2.92. The molecular formula is C24H27ClN2O7S. The Balaban J connectivity index is 2.01. The molecule has 1 amide bonds. The lowest BCUT2D eigenvalue weighted by atomic mass is 9.99. The maximum absolute atomic E-state index is 12.9. The first-order valence-electron chi connectivity index (χ1n) is 10.8. The van der Waals surface area contributed by atoms with Crippen molar-refractivity contribution in [3.63, 3.8) is 0 Å². The second-order valence-corrected chi connectivity index (χ2v) is 10.7. The lowest BCUT2D eigenvalue weighted by molar-refractivity contribution is 0.0748. The van der Waals surface area contributed by atoms with Gasteiger partial charge in [0, 0.05) is 44.6 Å². The zero-order valence-corrected chi connectivity index (χ0v) is 21.6. The zero-order chi connectivity index (χ0) is 26.1. The van der Waals surface area contributed by atoms with Gasteiger partial charge in [0.1, 0.15) is 11.8 Å². The second-order valence-electron chi connectivity index (χ2n) is 8.27. The molecule has 3 rings (SSSR count). The fourth-order valence-electron chi connectivity index (χ4n) is 3.46. The predicted octanol–water partition coefficient (Wildman–Crippen LogP) is 3.75. The van der Waals surface area contributed by atoms with Gasteiger partial charge in [0.2, 0.25) is 10.0 Å². The first-order valence-corrected chi connectivity index (χ1v) is 12.6. The van der Waals surface area contributed by atoms with E-state index in [4.69, 9.17) is 20.8 Å². The molecule has 0 aliphatic rings. The molecule has 0 spiro atoms. The highest BCUT2D eigenvalue weighted by molar-refractivity contribution is 7.89. The Morgan fingerprint density at radius 3 is 2.51 bits per heavy atom. The molecule has 2 aromatic carbocycles. The van der Waals surface area contributed by atoms with Gasteiger partial charge in [-0.3, -0.25) is 0 Å². The van der Waals surface area contributed by atoms with Crippen molar-refractivity contribution in [2.24, 2.45) is 0 Å². The van der Waals surface area contributed by atoms with Crippen LogP contribution in [0.1, 0.15) is 30.0 Å². The quantitative estimate of drug-likeness (QED) is 0.371. The van der Waals surface area contributed by atoms with Crippen LogP contribution in [0.3, 0.4) is 0 Å². The molecule has 0 fully saturated rings. The van der Waals surface area contributed by atoms with Crippen molar-refractivity contribution in [1.82, 2.24) is 9.21 Å². The second kappa shape index (κ2) is 10.4. The number of aryl methyl sites for hydroxylation is 1. The van der Waals surface area contributed by atoms with Gasteiger partial charge < -0.3 is 19.2 Å². The molecule has 35 heavy (non-hydrogen) atoms. The van der Waals surface area contributed by atoms with Crippen LogP contribution >= 0.6 is 11.6 Å². The number of rotatable bonds is 7. The van der Waals surface area contributed by atoms with E-state index in [1.807, 2.05) is 0 Å². The number of carbonyl (C=O) groups is 1. The van der Waals surface area contributed by atoms with Gasteiger partial charge in [-0.2, -0.15) is 4.31 Å². The summed E-state index contributed by atoms with van der Waals surface area (Å²) in [6.07, 6.45) is -1.42. The molecule has 188 valence electrons. The van der Waals surface area contributed by atoms with Gasteiger partial charge >= 0.3 is 11.7 Å². The van der Waals surface area contributed by atoms with Crippen LogP contribution < -0.4 is 10.4 Å². The summed E-state index contributed by atoms with van der Waals surface area (Å²) < 4.78 is 37.3. The number of nitrogens with zero attached hydrogens (tertiary/aromatic N) is 2. The molecule has 3 aromatic rings. The van der Waals surface area contributed by atoms with Crippen LogP contribution in [0.2, 0.25) is 5.02 Å². The van der Waals surface area contributed by atoms with Gasteiger partial charge in [0.25, 0.3) is 0 Å². The van der Waals surface area contributed by atoms with E-state index in [2.05, 4.69) is 0 Å². The smallest absolute Gasteiger partial charge is 0.414 e. The molecular weight excluding hydrogens is 496 g/mol. The highest BCUT2D eigenvalue weighted by Crippen LogP contribution is 2.32. The molecule has 1 aromatic heterocycles. The molecule has 0 aliphatic carbocycles. The molecule has 0 saturated heterocycles. The van der Waals surface area contributed by atoms with Crippen LogP contribution in [-0.2, 0) is 16.4 Å². The Morgan fingerprint density at radius 2 is 1.89 bits per heavy atom.